The number of esters is 1. The molecule has 1 aromatic carbocycles. The first kappa shape index (κ1) is 17.8. The number of hydrogen-bond acceptors (Lipinski definition) is 4. The first-order valence-electron chi connectivity index (χ1n) is 6.10. The quantitative estimate of drug-likeness (QED) is 0.613. The van der Waals surface area contributed by atoms with E-state index in [-0.39, 0.29) is 15.7 Å². The number of rotatable bonds is 4. The average molecular weight is 394 g/mol. The number of carbonyl (C=O) groups is 2. The Labute approximate surface area is 151 Å². The molecule has 0 saturated heterocycles. The fourth-order valence-electron chi connectivity index (χ4n) is 1.52. The number of nitrogens with one attached hydrogen (secondary N) is 1. The molecule has 0 fully saturated rings. The zero-order valence-corrected chi connectivity index (χ0v) is 14.3. The van der Waals surface area contributed by atoms with Crippen LogP contribution in [0.2, 0.25) is 20.2 Å². The van der Waals surface area contributed by atoms with E-state index in [9.17, 15) is 9.59 Å². The minimum absolute atomic E-state index is 0.0700. The smallest absolute Gasteiger partial charge is 0.340 e. The third-order valence-electron chi connectivity index (χ3n) is 2.57. The minimum atomic E-state index is -0.750. The van der Waals surface area contributed by atoms with Gasteiger partial charge in [-0.15, -0.1) is 0 Å². The summed E-state index contributed by atoms with van der Waals surface area (Å²) in [5.41, 5.74) is 0.512. The van der Waals surface area contributed by atoms with Gasteiger partial charge in [-0.2, -0.15) is 0 Å². The van der Waals surface area contributed by atoms with E-state index in [4.69, 9.17) is 51.1 Å². The standard InChI is InChI=1S/C14H8Cl4N2O3/c15-9-2-1-8(4-10(9)16)20-12(21)6-23-14(22)7-3-11(17)13(18)19-5-7/h1-5H,6H2,(H,20,21). The number of nitrogens with zero attached hydrogens (tertiary/aromatic N) is 1. The summed E-state index contributed by atoms with van der Waals surface area (Å²) in [6.07, 6.45) is 1.20. The average Bonchev–Trinajstić information content (AvgIpc) is 2.51. The largest absolute Gasteiger partial charge is 0.452 e. The molecule has 0 radical (unpaired) electrons. The van der Waals surface area contributed by atoms with Crippen LogP contribution in [-0.2, 0) is 9.53 Å². The predicted molar refractivity (Wildman–Crippen MR) is 89.6 cm³/mol. The molecule has 0 unspecified atom stereocenters. The number of hydrogen-bond donors (Lipinski definition) is 1. The van der Waals surface area contributed by atoms with Crippen LogP contribution in [0.15, 0.2) is 30.5 Å². The molecule has 120 valence electrons. The number of carbonyl (C=O) groups excluding carboxylic acids is 2. The molecular weight excluding hydrogens is 386 g/mol. The maximum Gasteiger partial charge on any atom is 0.340 e. The van der Waals surface area contributed by atoms with E-state index < -0.39 is 18.5 Å². The van der Waals surface area contributed by atoms with E-state index in [2.05, 4.69) is 10.3 Å². The van der Waals surface area contributed by atoms with E-state index >= 15 is 0 Å². The lowest BCUT2D eigenvalue weighted by atomic mass is 10.3. The zero-order valence-electron chi connectivity index (χ0n) is 11.3. The summed E-state index contributed by atoms with van der Waals surface area (Å²) >= 11 is 23.0. The Morgan fingerprint density at radius 2 is 1.78 bits per heavy atom. The van der Waals surface area contributed by atoms with Gasteiger partial charge in [-0.05, 0) is 24.3 Å². The number of anilines is 1. The molecule has 9 heteroatoms. The summed E-state index contributed by atoms with van der Waals surface area (Å²) in [5.74, 6) is -1.29. The molecule has 2 rings (SSSR count). The second kappa shape index (κ2) is 7.84. The highest BCUT2D eigenvalue weighted by Gasteiger charge is 2.13. The number of amides is 1. The Balaban J connectivity index is 1.91. The van der Waals surface area contributed by atoms with Gasteiger partial charge in [0.15, 0.2) is 6.61 Å². The molecule has 0 aliphatic carbocycles. The van der Waals surface area contributed by atoms with Crippen molar-refractivity contribution in [2.24, 2.45) is 0 Å². The summed E-state index contributed by atoms with van der Waals surface area (Å²) in [5, 5.41) is 3.36. The summed E-state index contributed by atoms with van der Waals surface area (Å²) in [4.78, 5) is 27.2. The molecule has 5 nitrogen and oxygen atoms in total. The van der Waals surface area contributed by atoms with Crippen molar-refractivity contribution < 1.29 is 14.3 Å². The molecule has 1 heterocycles. The maximum atomic E-state index is 11.8. The molecule has 0 aliphatic rings. The number of benzene rings is 1. The number of ether oxygens (including phenoxy) is 1. The zero-order chi connectivity index (χ0) is 17.0. The first-order valence-corrected chi connectivity index (χ1v) is 7.61. The van der Waals surface area contributed by atoms with Crippen molar-refractivity contribution in [2.75, 3.05) is 11.9 Å². The third-order valence-corrected chi connectivity index (χ3v) is 3.99. The second-order valence-electron chi connectivity index (χ2n) is 4.25. The highest BCUT2D eigenvalue weighted by Crippen LogP contribution is 2.25. The Morgan fingerprint density at radius 3 is 2.43 bits per heavy atom. The van der Waals surface area contributed by atoms with Gasteiger partial charge in [-0.1, -0.05) is 46.4 Å². The van der Waals surface area contributed by atoms with Crippen molar-refractivity contribution in [2.45, 2.75) is 0 Å². The lowest BCUT2D eigenvalue weighted by molar-refractivity contribution is -0.119. The number of pyridine rings is 1. The monoisotopic (exact) mass is 392 g/mol. The van der Waals surface area contributed by atoms with Crippen molar-refractivity contribution in [3.05, 3.63) is 56.2 Å². The van der Waals surface area contributed by atoms with Crippen molar-refractivity contribution in [1.82, 2.24) is 4.98 Å². The second-order valence-corrected chi connectivity index (χ2v) is 5.83. The SMILES string of the molecule is O=C(COC(=O)c1cnc(Cl)c(Cl)c1)Nc1ccc(Cl)c(Cl)c1. The molecule has 0 atom stereocenters. The first-order chi connectivity index (χ1) is 10.9. The minimum Gasteiger partial charge on any atom is -0.452 e. The van der Waals surface area contributed by atoms with Crippen LogP contribution < -0.4 is 5.32 Å². The van der Waals surface area contributed by atoms with E-state index in [0.717, 1.165) is 0 Å². The summed E-state index contributed by atoms with van der Waals surface area (Å²) in [7, 11) is 0. The van der Waals surface area contributed by atoms with Gasteiger partial charge in [-0.3, -0.25) is 4.79 Å². The molecular formula is C14H8Cl4N2O3. The van der Waals surface area contributed by atoms with Gasteiger partial charge < -0.3 is 10.1 Å². The Morgan fingerprint density at radius 1 is 1.04 bits per heavy atom. The van der Waals surface area contributed by atoms with Crippen LogP contribution in [0.25, 0.3) is 0 Å². The van der Waals surface area contributed by atoms with Crippen LogP contribution in [0.4, 0.5) is 5.69 Å². The molecule has 1 aromatic heterocycles. The van der Waals surface area contributed by atoms with Crippen molar-refractivity contribution in [1.29, 1.82) is 0 Å². The van der Waals surface area contributed by atoms with Crippen molar-refractivity contribution in [3.8, 4) is 0 Å². The van der Waals surface area contributed by atoms with Crippen molar-refractivity contribution >= 4 is 64.0 Å². The molecule has 0 spiro atoms. The number of halogens is 4. The van der Waals surface area contributed by atoms with Crippen LogP contribution in [0.5, 0.6) is 0 Å². The highest BCUT2D eigenvalue weighted by atomic mass is 35.5. The van der Waals surface area contributed by atoms with Gasteiger partial charge in [0, 0.05) is 11.9 Å². The van der Waals surface area contributed by atoms with Crippen LogP contribution in [0, 0.1) is 0 Å². The number of aromatic nitrogens is 1. The van der Waals surface area contributed by atoms with Gasteiger partial charge >= 0.3 is 5.97 Å². The van der Waals surface area contributed by atoms with E-state index in [1.54, 1.807) is 6.07 Å². The molecule has 23 heavy (non-hydrogen) atoms. The van der Waals surface area contributed by atoms with Crippen molar-refractivity contribution in [3.63, 3.8) is 0 Å². The maximum absolute atomic E-state index is 11.8. The van der Waals surface area contributed by atoms with Gasteiger partial charge in [0.2, 0.25) is 0 Å². The van der Waals surface area contributed by atoms with Gasteiger partial charge in [0.05, 0.1) is 20.6 Å². The van der Waals surface area contributed by atoms with Crippen LogP contribution in [0.3, 0.4) is 0 Å². The molecule has 2 aromatic rings. The third kappa shape index (κ3) is 4.97. The lowest BCUT2D eigenvalue weighted by Crippen LogP contribution is -2.21. The fourth-order valence-corrected chi connectivity index (χ4v) is 2.09. The van der Waals surface area contributed by atoms with Crippen LogP contribution in [-0.4, -0.2) is 23.5 Å². The van der Waals surface area contributed by atoms with Gasteiger partial charge in [-0.25, -0.2) is 9.78 Å². The molecule has 1 N–H and O–H groups in total. The summed E-state index contributed by atoms with van der Waals surface area (Å²) in [6, 6.07) is 5.88. The predicted octanol–water partition coefficient (Wildman–Crippen LogP) is 4.49. The molecule has 0 bridgehead atoms. The fraction of sp³-hybridized carbons (Fsp3) is 0.0714. The van der Waals surface area contributed by atoms with E-state index in [1.807, 2.05) is 0 Å². The highest BCUT2D eigenvalue weighted by molar-refractivity contribution is 6.42. The molecule has 1 amide bonds. The van der Waals surface area contributed by atoms with Gasteiger partial charge in [0.25, 0.3) is 5.91 Å². The summed E-state index contributed by atoms with van der Waals surface area (Å²) in [6.45, 7) is -0.487. The topological polar surface area (TPSA) is 68.3 Å². The molecule has 0 aliphatic heterocycles. The Hall–Kier alpha value is -1.53. The van der Waals surface area contributed by atoms with Gasteiger partial charge in [0.1, 0.15) is 5.15 Å². The Kier molecular flexibility index (Phi) is 6.07. The lowest BCUT2D eigenvalue weighted by Gasteiger charge is -2.07. The molecule has 0 saturated carbocycles. The van der Waals surface area contributed by atoms with Crippen LogP contribution >= 0.6 is 46.4 Å². The summed E-state index contributed by atoms with van der Waals surface area (Å²) < 4.78 is 4.86. The van der Waals surface area contributed by atoms with E-state index in [0.29, 0.717) is 15.7 Å². The van der Waals surface area contributed by atoms with E-state index in [1.165, 1.54) is 24.4 Å². The van der Waals surface area contributed by atoms with Crippen LogP contribution in [0.1, 0.15) is 10.4 Å². The Bertz CT molecular complexity index is 768. The normalized spacial score (nSPS) is 10.3.